The molecule has 1 aliphatic carbocycles. The molecule has 0 radical (unpaired) electrons. The number of aromatic nitrogens is 1. The molecule has 1 atom stereocenters. The van der Waals surface area contributed by atoms with E-state index in [9.17, 15) is 8.42 Å². The molecule has 4 rings (SSSR count). The largest absolute Gasteiger partial charge is 0.364 e. The first-order valence-electron chi connectivity index (χ1n) is 9.97. The second-order valence-corrected chi connectivity index (χ2v) is 10.6. The highest BCUT2D eigenvalue weighted by Crippen LogP contribution is 2.25. The van der Waals surface area contributed by atoms with E-state index < -0.39 is 10.0 Å². The van der Waals surface area contributed by atoms with Gasteiger partial charge in [0.25, 0.3) is 0 Å². The van der Waals surface area contributed by atoms with Gasteiger partial charge in [-0.3, -0.25) is 0 Å². The number of thiophene rings is 1. The minimum Gasteiger partial charge on any atom is -0.364 e. The molecule has 0 saturated heterocycles. The zero-order valence-corrected chi connectivity index (χ0v) is 18.7. The monoisotopic (exact) mass is 436 g/mol. The number of nitrogens with one attached hydrogen (secondary N) is 2. The second-order valence-electron chi connectivity index (χ2n) is 7.61. The first-order valence-corrected chi connectivity index (χ1v) is 12.3. The molecule has 0 amide bonds. The number of fused-ring (bicyclic) bond motifs is 1. The van der Waals surface area contributed by atoms with E-state index in [0.29, 0.717) is 10.6 Å². The fourth-order valence-corrected chi connectivity index (χ4v) is 5.95. The van der Waals surface area contributed by atoms with E-state index in [-0.39, 0.29) is 6.04 Å². The molecule has 6 heteroatoms. The van der Waals surface area contributed by atoms with Crippen LogP contribution in [0.4, 0.5) is 0 Å². The van der Waals surface area contributed by atoms with Gasteiger partial charge in [0, 0.05) is 23.5 Å². The summed E-state index contributed by atoms with van der Waals surface area (Å²) < 4.78 is 28.7. The molecule has 1 aliphatic rings. The average Bonchev–Trinajstić information content (AvgIpc) is 3.35. The summed E-state index contributed by atoms with van der Waals surface area (Å²) in [5, 5.41) is 0. The minimum atomic E-state index is -3.58. The summed E-state index contributed by atoms with van der Waals surface area (Å²) in [6.45, 7) is 3.93. The van der Waals surface area contributed by atoms with E-state index in [2.05, 4.69) is 33.7 Å². The van der Waals surface area contributed by atoms with Crippen LogP contribution >= 0.6 is 11.3 Å². The van der Waals surface area contributed by atoms with Gasteiger partial charge < -0.3 is 4.98 Å². The van der Waals surface area contributed by atoms with Crippen molar-refractivity contribution in [2.75, 3.05) is 0 Å². The lowest BCUT2D eigenvalue weighted by Crippen LogP contribution is -2.33. The minimum absolute atomic E-state index is 0.214. The first-order chi connectivity index (χ1) is 14.4. The van der Waals surface area contributed by atoms with Gasteiger partial charge in [-0.1, -0.05) is 41.7 Å². The SMILES string of the molecule is Cc1ccc(C#Cc2ccc(S(=O)(=O)NC(C)Cc3c[nH]c4c3C=CCC4)s2)cc1. The van der Waals surface area contributed by atoms with Crippen LogP contribution in [0.5, 0.6) is 0 Å². The Hall–Kier alpha value is -2.59. The van der Waals surface area contributed by atoms with Crippen LogP contribution in [0.25, 0.3) is 6.08 Å². The third kappa shape index (κ3) is 4.76. The number of allylic oxidation sites excluding steroid dienone is 1. The Morgan fingerprint density at radius 2 is 1.97 bits per heavy atom. The molecule has 30 heavy (non-hydrogen) atoms. The summed E-state index contributed by atoms with van der Waals surface area (Å²) in [6.07, 6.45) is 8.98. The summed E-state index contributed by atoms with van der Waals surface area (Å²) >= 11 is 1.19. The van der Waals surface area contributed by atoms with Gasteiger partial charge in [-0.2, -0.15) is 0 Å². The quantitative estimate of drug-likeness (QED) is 0.572. The third-order valence-corrected chi connectivity index (χ3v) is 8.13. The van der Waals surface area contributed by atoms with E-state index in [1.807, 2.05) is 44.3 Å². The smallest absolute Gasteiger partial charge is 0.250 e. The van der Waals surface area contributed by atoms with Crippen molar-refractivity contribution >= 4 is 27.4 Å². The molecule has 3 aromatic rings. The van der Waals surface area contributed by atoms with Crippen LogP contribution in [0.2, 0.25) is 0 Å². The topological polar surface area (TPSA) is 62.0 Å². The summed E-state index contributed by atoms with van der Waals surface area (Å²) in [5.41, 5.74) is 5.68. The number of aromatic amines is 1. The molecule has 1 aromatic carbocycles. The van der Waals surface area contributed by atoms with Gasteiger partial charge in [0.05, 0.1) is 4.88 Å². The average molecular weight is 437 g/mol. The van der Waals surface area contributed by atoms with Crippen LogP contribution in [-0.2, 0) is 22.9 Å². The van der Waals surface area contributed by atoms with Crippen LogP contribution in [0, 0.1) is 18.8 Å². The van der Waals surface area contributed by atoms with Crippen molar-refractivity contribution in [2.45, 2.75) is 43.4 Å². The van der Waals surface area contributed by atoms with Gasteiger partial charge in [-0.05, 0) is 68.5 Å². The highest BCUT2D eigenvalue weighted by molar-refractivity contribution is 7.91. The predicted molar refractivity (Wildman–Crippen MR) is 123 cm³/mol. The van der Waals surface area contributed by atoms with Crippen molar-refractivity contribution in [3.63, 3.8) is 0 Å². The van der Waals surface area contributed by atoms with E-state index in [1.165, 1.54) is 28.2 Å². The number of hydrogen-bond acceptors (Lipinski definition) is 3. The Labute approximate surface area is 182 Å². The summed E-state index contributed by atoms with van der Waals surface area (Å²) in [5.74, 6) is 6.15. The third-order valence-electron chi connectivity index (χ3n) is 5.05. The van der Waals surface area contributed by atoms with Crippen molar-refractivity contribution in [1.82, 2.24) is 9.71 Å². The van der Waals surface area contributed by atoms with Gasteiger partial charge in [0.15, 0.2) is 0 Å². The van der Waals surface area contributed by atoms with Gasteiger partial charge in [0.1, 0.15) is 4.21 Å². The van der Waals surface area contributed by atoms with Gasteiger partial charge in [-0.15, -0.1) is 11.3 Å². The molecule has 2 N–H and O–H groups in total. The molecule has 0 aliphatic heterocycles. The maximum atomic E-state index is 12.8. The lowest BCUT2D eigenvalue weighted by Gasteiger charge is -2.14. The van der Waals surface area contributed by atoms with Gasteiger partial charge in [-0.25, -0.2) is 13.1 Å². The van der Waals surface area contributed by atoms with Crippen LogP contribution < -0.4 is 4.72 Å². The van der Waals surface area contributed by atoms with Gasteiger partial charge >= 0.3 is 0 Å². The van der Waals surface area contributed by atoms with E-state index in [0.717, 1.165) is 28.8 Å². The summed E-state index contributed by atoms with van der Waals surface area (Å²) in [4.78, 5) is 4.05. The lowest BCUT2D eigenvalue weighted by molar-refractivity contribution is 0.561. The Bertz CT molecular complexity index is 1240. The zero-order valence-electron chi connectivity index (χ0n) is 17.0. The molecule has 1 unspecified atom stereocenters. The van der Waals surface area contributed by atoms with Gasteiger partial charge in [0.2, 0.25) is 10.0 Å². The van der Waals surface area contributed by atoms with Crippen LogP contribution in [0.1, 0.15) is 46.2 Å². The highest BCUT2D eigenvalue weighted by Gasteiger charge is 2.21. The molecule has 4 nitrogen and oxygen atoms in total. The van der Waals surface area contributed by atoms with Crippen LogP contribution in [0.3, 0.4) is 0 Å². The molecule has 2 heterocycles. The van der Waals surface area contributed by atoms with Crippen LogP contribution in [0.15, 0.2) is 52.9 Å². The Morgan fingerprint density at radius 3 is 2.77 bits per heavy atom. The van der Waals surface area contributed by atoms with Crippen LogP contribution in [-0.4, -0.2) is 19.4 Å². The lowest BCUT2D eigenvalue weighted by atomic mass is 9.99. The molecule has 0 bridgehead atoms. The summed E-state index contributed by atoms with van der Waals surface area (Å²) in [7, 11) is -3.58. The molecule has 2 aromatic heterocycles. The fourth-order valence-electron chi connectivity index (χ4n) is 3.53. The molecule has 0 spiro atoms. The molecular formula is C24H24N2O2S2. The summed E-state index contributed by atoms with van der Waals surface area (Å²) in [6, 6.07) is 11.1. The molecule has 0 saturated carbocycles. The number of rotatable bonds is 5. The van der Waals surface area contributed by atoms with E-state index in [4.69, 9.17) is 0 Å². The number of aryl methyl sites for hydroxylation is 2. The van der Waals surface area contributed by atoms with Crippen molar-refractivity contribution < 1.29 is 8.42 Å². The molecule has 0 fully saturated rings. The normalized spacial score (nSPS) is 14.1. The maximum Gasteiger partial charge on any atom is 0.250 e. The van der Waals surface area contributed by atoms with Crippen molar-refractivity contribution in [1.29, 1.82) is 0 Å². The number of H-pyrrole nitrogens is 1. The molecular weight excluding hydrogens is 412 g/mol. The number of benzene rings is 1. The zero-order chi connectivity index (χ0) is 21.1. The first kappa shape index (κ1) is 20.7. The van der Waals surface area contributed by atoms with E-state index >= 15 is 0 Å². The predicted octanol–water partition coefficient (Wildman–Crippen LogP) is 4.65. The molecule has 154 valence electrons. The maximum absolute atomic E-state index is 12.8. The van der Waals surface area contributed by atoms with Crippen molar-refractivity contribution in [3.8, 4) is 11.8 Å². The van der Waals surface area contributed by atoms with Crippen molar-refractivity contribution in [3.05, 3.63) is 81.5 Å². The Balaban J connectivity index is 1.43. The standard InChI is InChI=1S/C24H24N2O2S2/c1-17-7-9-19(10-8-17)11-12-21-13-14-24(29-21)30(27,28)26-18(2)15-20-16-25-23-6-4-3-5-22(20)23/h3,5,7-10,13-14,16,18,25-26H,4,6,15H2,1-2H3. The number of sulfonamides is 1. The number of hydrogen-bond donors (Lipinski definition) is 2. The Kier molecular flexibility index (Phi) is 5.96. The Morgan fingerprint density at radius 1 is 1.17 bits per heavy atom. The highest BCUT2D eigenvalue weighted by atomic mass is 32.2. The van der Waals surface area contributed by atoms with Crippen molar-refractivity contribution in [2.24, 2.45) is 0 Å². The second kappa shape index (κ2) is 8.65. The van der Waals surface area contributed by atoms with E-state index in [1.54, 1.807) is 12.1 Å². The fraction of sp³-hybridized carbons (Fsp3) is 0.250.